The van der Waals surface area contributed by atoms with E-state index < -0.39 is 0 Å². The van der Waals surface area contributed by atoms with Crippen LogP contribution in [0, 0.1) is 13.8 Å². The van der Waals surface area contributed by atoms with Crippen molar-refractivity contribution >= 4 is 5.82 Å². The molecular formula is C17H23N3. The van der Waals surface area contributed by atoms with E-state index in [1.165, 1.54) is 11.1 Å². The Balaban J connectivity index is 2.33. The molecule has 3 heteroatoms. The van der Waals surface area contributed by atoms with Gasteiger partial charge in [-0.2, -0.15) is 0 Å². The van der Waals surface area contributed by atoms with Crippen LogP contribution in [0.5, 0.6) is 0 Å². The minimum Gasteiger partial charge on any atom is -0.352 e. The highest BCUT2D eigenvalue weighted by atomic mass is 15.2. The number of benzene rings is 1. The molecule has 2 aromatic rings. The van der Waals surface area contributed by atoms with E-state index in [1.54, 1.807) is 0 Å². The van der Waals surface area contributed by atoms with Crippen molar-refractivity contribution in [1.82, 2.24) is 4.98 Å². The molecule has 0 fully saturated rings. The van der Waals surface area contributed by atoms with Gasteiger partial charge in [0.05, 0.1) is 0 Å². The maximum Gasteiger partial charge on any atom is 0.133 e. The summed E-state index contributed by atoms with van der Waals surface area (Å²) in [5.41, 5.74) is 10.6. The maximum absolute atomic E-state index is 5.85. The minimum absolute atomic E-state index is 0.521. The molecule has 0 aliphatic heterocycles. The van der Waals surface area contributed by atoms with Gasteiger partial charge in [0.1, 0.15) is 5.82 Å². The van der Waals surface area contributed by atoms with Crippen LogP contribution in [-0.4, -0.2) is 11.5 Å². The summed E-state index contributed by atoms with van der Waals surface area (Å²) in [6, 6.07) is 12.6. The van der Waals surface area contributed by atoms with Crippen LogP contribution in [0.3, 0.4) is 0 Å². The molecule has 106 valence electrons. The van der Waals surface area contributed by atoms with Crippen LogP contribution in [0.15, 0.2) is 36.4 Å². The summed E-state index contributed by atoms with van der Waals surface area (Å²) >= 11 is 0. The van der Waals surface area contributed by atoms with E-state index in [0.717, 1.165) is 30.2 Å². The van der Waals surface area contributed by atoms with Crippen LogP contribution in [0.1, 0.15) is 29.3 Å². The molecule has 0 spiro atoms. The first kappa shape index (κ1) is 14.5. The Kier molecular flexibility index (Phi) is 4.74. The largest absolute Gasteiger partial charge is 0.352 e. The average Bonchev–Trinajstić information content (AvgIpc) is 2.46. The van der Waals surface area contributed by atoms with E-state index in [-0.39, 0.29) is 0 Å². The number of anilines is 1. The van der Waals surface area contributed by atoms with Gasteiger partial charge in [-0.05, 0) is 38.0 Å². The number of nitrogens with zero attached hydrogens (tertiary/aromatic N) is 2. The second-order valence-corrected chi connectivity index (χ2v) is 5.08. The molecule has 1 aromatic carbocycles. The normalized spacial score (nSPS) is 10.6. The molecule has 0 atom stereocenters. The maximum atomic E-state index is 5.85. The second-order valence-electron chi connectivity index (χ2n) is 5.08. The minimum atomic E-state index is 0.521. The number of hydrogen-bond acceptors (Lipinski definition) is 3. The van der Waals surface area contributed by atoms with Crippen LogP contribution in [0.2, 0.25) is 0 Å². The lowest BCUT2D eigenvalue weighted by Gasteiger charge is -2.25. The Labute approximate surface area is 121 Å². The molecule has 0 saturated carbocycles. The number of aryl methyl sites for hydroxylation is 2. The van der Waals surface area contributed by atoms with Gasteiger partial charge in [0.25, 0.3) is 0 Å². The number of pyridine rings is 1. The predicted octanol–water partition coefficient (Wildman–Crippen LogP) is 3.18. The van der Waals surface area contributed by atoms with Crippen molar-refractivity contribution in [3.63, 3.8) is 0 Å². The molecule has 0 saturated heterocycles. The molecule has 20 heavy (non-hydrogen) atoms. The number of aromatic nitrogens is 1. The third-order valence-corrected chi connectivity index (χ3v) is 3.62. The Morgan fingerprint density at radius 1 is 1.05 bits per heavy atom. The van der Waals surface area contributed by atoms with Crippen LogP contribution < -0.4 is 10.6 Å². The van der Waals surface area contributed by atoms with Gasteiger partial charge in [-0.1, -0.05) is 30.3 Å². The van der Waals surface area contributed by atoms with Crippen molar-refractivity contribution in [2.45, 2.75) is 33.9 Å². The molecule has 1 aromatic heterocycles. The molecule has 0 unspecified atom stereocenters. The highest BCUT2D eigenvalue weighted by Gasteiger charge is 2.12. The molecule has 2 N–H and O–H groups in total. The Bertz CT molecular complexity index is 578. The molecule has 0 aliphatic rings. The molecule has 2 rings (SSSR count). The van der Waals surface area contributed by atoms with Crippen molar-refractivity contribution in [2.24, 2.45) is 5.73 Å². The standard InChI is InChI=1S/C17H23N3/c1-4-20(12-16-8-6-5-7-13(16)2)17-15(11-18)10-9-14(3)19-17/h5-10H,4,11-12,18H2,1-3H3. The molecule has 1 heterocycles. The fourth-order valence-corrected chi connectivity index (χ4v) is 2.33. The lowest BCUT2D eigenvalue weighted by Crippen LogP contribution is -2.25. The van der Waals surface area contributed by atoms with E-state index in [1.807, 2.05) is 13.0 Å². The summed E-state index contributed by atoms with van der Waals surface area (Å²) in [6.07, 6.45) is 0. The average molecular weight is 269 g/mol. The van der Waals surface area contributed by atoms with Crippen LogP contribution in [-0.2, 0) is 13.1 Å². The van der Waals surface area contributed by atoms with E-state index >= 15 is 0 Å². The Hall–Kier alpha value is -1.87. The van der Waals surface area contributed by atoms with E-state index in [9.17, 15) is 0 Å². The molecular weight excluding hydrogens is 246 g/mol. The van der Waals surface area contributed by atoms with Gasteiger partial charge in [0, 0.05) is 30.9 Å². The molecule has 0 aliphatic carbocycles. The van der Waals surface area contributed by atoms with Gasteiger partial charge in [-0.15, -0.1) is 0 Å². The van der Waals surface area contributed by atoms with Gasteiger partial charge in [-0.3, -0.25) is 0 Å². The quantitative estimate of drug-likeness (QED) is 0.906. The molecule has 3 nitrogen and oxygen atoms in total. The summed E-state index contributed by atoms with van der Waals surface area (Å²) in [7, 11) is 0. The van der Waals surface area contributed by atoms with Gasteiger partial charge in [-0.25, -0.2) is 4.98 Å². The summed E-state index contributed by atoms with van der Waals surface area (Å²) < 4.78 is 0. The van der Waals surface area contributed by atoms with Gasteiger partial charge in [0.15, 0.2) is 0 Å². The van der Waals surface area contributed by atoms with E-state index in [4.69, 9.17) is 5.73 Å². The monoisotopic (exact) mass is 269 g/mol. The number of nitrogens with two attached hydrogens (primary N) is 1. The zero-order valence-electron chi connectivity index (χ0n) is 12.6. The summed E-state index contributed by atoms with van der Waals surface area (Å²) in [5, 5.41) is 0. The zero-order chi connectivity index (χ0) is 14.5. The SMILES string of the molecule is CCN(Cc1ccccc1C)c1nc(C)ccc1CN. The first-order valence-corrected chi connectivity index (χ1v) is 7.11. The molecule has 0 radical (unpaired) electrons. The van der Waals surface area contributed by atoms with E-state index in [0.29, 0.717) is 6.54 Å². The van der Waals surface area contributed by atoms with Crippen LogP contribution in [0.4, 0.5) is 5.82 Å². The summed E-state index contributed by atoms with van der Waals surface area (Å²) in [4.78, 5) is 6.98. The van der Waals surface area contributed by atoms with Crippen molar-refractivity contribution in [3.05, 3.63) is 58.8 Å². The van der Waals surface area contributed by atoms with E-state index in [2.05, 4.69) is 54.1 Å². The topological polar surface area (TPSA) is 42.2 Å². The predicted molar refractivity (Wildman–Crippen MR) is 84.8 cm³/mol. The third-order valence-electron chi connectivity index (χ3n) is 3.62. The highest BCUT2D eigenvalue weighted by molar-refractivity contribution is 5.48. The van der Waals surface area contributed by atoms with Gasteiger partial charge in [0.2, 0.25) is 0 Å². The Morgan fingerprint density at radius 3 is 2.45 bits per heavy atom. The van der Waals surface area contributed by atoms with Crippen molar-refractivity contribution in [2.75, 3.05) is 11.4 Å². The lowest BCUT2D eigenvalue weighted by atomic mass is 10.1. The lowest BCUT2D eigenvalue weighted by molar-refractivity contribution is 0.794. The zero-order valence-corrected chi connectivity index (χ0v) is 12.6. The first-order valence-electron chi connectivity index (χ1n) is 7.11. The Morgan fingerprint density at radius 2 is 1.80 bits per heavy atom. The first-order chi connectivity index (χ1) is 9.65. The molecule has 0 amide bonds. The number of hydrogen-bond donors (Lipinski definition) is 1. The fraction of sp³-hybridized carbons (Fsp3) is 0.353. The van der Waals surface area contributed by atoms with Gasteiger partial charge < -0.3 is 10.6 Å². The summed E-state index contributed by atoms with van der Waals surface area (Å²) in [6.45, 7) is 8.63. The fourth-order valence-electron chi connectivity index (χ4n) is 2.33. The molecule has 0 bridgehead atoms. The highest BCUT2D eigenvalue weighted by Crippen LogP contribution is 2.21. The third kappa shape index (κ3) is 3.17. The van der Waals surface area contributed by atoms with Crippen molar-refractivity contribution in [3.8, 4) is 0 Å². The van der Waals surface area contributed by atoms with Crippen LogP contribution >= 0.6 is 0 Å². The van der Waals surface area contributed by atoms with Crippen LogP contribution in [0.25, 0.3) is 0 Å². The summed E-state index contributed by atoms with van der Waals surface area (Å²) in [5.74, 6) is 1.01. The van der Waals surface area contributed by atoms with Crippen molar-refractivity contribution in [1.29, 1.82) is 0 Å². The van der Waals surface area contributed by atoms with Crippen molar-refractivity contribution < 1.29 is 0 Å². The second kappa shape index (κ2) is 6.53. The smallest absolute Gasteiger partial charge is 0.133 e. The number of rotatable bonds is 5. The van der Waals surface area contributed by atoms with Gasteiger partial charge >= 0.3 is 0 Å².